The fourth-order valence-electron chi connectivity index (χ4n) is 1.87. The van der Waals surface area contributed by atoms with Crippen LogP contribution in [0, 0.1) is 0 Å². The number of nitrogens with one attached hydrogen (secondary N) is 1. The van der Waals surface area contributed by atoms with Crippen molar-refractivity contribution in [1.29, 1.82) is 0 Å². The van der Waals surface area contributed by atoms with Gasteiger partial charge in [-0.1, -0.05) is 0 Å². The van der Waals surface area contributed by atoms with Crippen LogP contribution < -0.4 is 14.8 Å². The van der Waals surface area contributed by atoms with Crippen LogP contribution in [0.2, 0.25) is 0 Å². The Balaban J connectivity index is 2.18. The molecule has 0 aliphatic heterocycles. The second-order valence-corrected chi connectivity index (χ2v) is 4.68. The smallest absolute Gasteiger partial charge is 0.244 e. The first-order valence-electron chi connectivity index (χ1n) is 6.35. The van der Waals surface area contributed by atoms with Crippen molar-refractivity contribution in [2.24, 2.45) is 0 Å². The molecule has 2 rings (SSSR count). The number of rotatable bonds is 5. The highest BCUT2D eigenvalue weighted by molar-refractivity contribution is 5.95. The van der Waals surface area contributed by atoms with Gasteiger partial charge in [-0.25, -0.2) is 0 Å². The van der Waals surface area contributed by atoms with E-state index in [4.69, 9.17) is 9.47 Å². The Morgan fingerprint density at radius 3 is 2.63 bits per heavy atom. The van der Waals surface area contributed by atoms with E-state index >= 15 is 0 Å². The van der Waals surface area contributed by atoms with Crippen molar-refractivity contribution in [3.05, 3.63) is 29.8 Å². The van der Waals surface area contributed by atoms with Gasteiger partial charge in [0.25, 0.3) is 0 Å². The summed E-state index contributed by atoms with van der Waals surface area (Å²) in [7, 11) is 3.22. The van der Waals surface area contributed by atoms with Gasteiger partial charge in [0.05, 0.1) is 14.2 Å². The molecule has 1 amide bonds. The number of allylic oxidation sites excluding steroid dienone is 1. The number of benzene rings is 1. The zero-order chi connectivity index (χ0) is 13.8. The van der Waals surface area contributed by atoms with E-state index in [0.717, 1.165) is 29.7 Å². The van der Waals surface area contributed by atoms with Crippen LogP contribution in [-0.4, -0.2) is 26.2 Å². The van der Waals surface area contributed by atoms with Crippen molar-refractivity contribution in [2.45, 2.75) is 25.8 Å². The third kappa shape index (κ3) is 3.50. The van der Waals surface area contributed by atoms with Crippen LogP contribution in [0.5, 0.6) is 11.5 Å². The molecule has 19 heavy (non-hydrogen) atoms. The Morgan fingerprint density at radius 1 is 1.32 bits per heavy atom. The predicted molar refractivity (Wildman–Crippen MR) is 74.4 cm³/mol. The lowest BCUT2D eigenvalue weighted by molar-refractivity contribution is -0.116. The van der Waals surface area contributed by atoms with Gasteiger partial charge < -0.3 is 14.8 Å². The topological polar surface area (TPSA) is 47.6 Å². The van der Waals surface area contributed by atoms with Crippen molar-refractivity contribution >= 4 is 11.5 Å². The lowest BCUT2D eigenvalue weighted by atomic mass is 10.1. The predicted octanol–water partition coefficient (Wildman–Crippen LogP) is 2.39. The molecular formula is C15H19NO3. The van der Waals surface area contributed by atoms with E-state index < -0.39 is 0 Å². The number of amides is 1. The van der Waals surface area contributed by atoms with Crippen LogP contribution in [0.4, 0.5) is 0 Å². The minimum atomic E-state index is -0.0436. The van der Waals surface area contributed by atoms with Gasteiger partial charge in [-0.15, -0.1) is 0 Å². The number of carbonyl (C=O) groups excluding carboxylic acids is 1. The molecule has 0 atom stereocenters. The Labute approximate surface area is 113 Å². The summed E-state index contributed by atoms with van der Waals surface area (Å²) in [6.45, 7) is 1.90. The molecule has 0 aromatic heterocycles. The van der Waals surface area contributed by atoms with E-state index in [1.807, 2.05) is 25.1 Å². The average molecular weight is 261 g/mol. The van der Waals surface area contributed by atoms with Crippen molar-refractivity contribution in [1.82, 2.24) is 5.32 Å². The molecule has 0 radical (unpaired) electrons. The summed E-state index contributed by atoms with van der Waals surface area (Å²) in [5.74, 6) is 1.39. The zero-order valence-corrected chi connectivity index (χ0v) is 11.5. The van der Waals surface area contributed by atoms with Gasteiger partial charge in [0.1, 0.15) is 11.5 Å². The molecule has 0 saturated heterocycles. The average Bonchev–Trinajstić information content (AvgIpc) is 3.21. The van der Waals surface area contributed by atoms with Gasteiger partial charge in [0.15, 0.2) is 0 Å². The summed E-state index contributed by atoms with van der Waals surface area (Å²) in [6, 6.07) is 5.93. The van der Waals surface area contributed by atoms with Gasteiger partial charge in [-0.05, 0) is 37.5 Å². The van der Waals surface area contributed by atoms with Gasteiger partial charge in [-0.3, -0.25) is 4.79 Å². The molecule has 4 heteroatoms. The fraction of sp³-hybridized carbons (Fsp3) is 0.400. The quantitative estimate of drug-likeness (QED) is 0.828. The van der Waals surface area contributed by atoms with Gasteiger partial charge in [0, 0.05) is 23.7 Å². The SMILES string of the molecule is COc1ccc(/C(C)=C/C(=O)NC2CC2)c(OC)c1. The molecule has 4 nitrogen and oxygen atoms in total. The molecular weight excluding hydrogens is 242 g/mol. The van der Waals surface area contributed by atoms with E-state index in [-0.39, 0.29) is 5.91 Å². The molecule has 0 heterocycles. The van der Waals surface area contributed by atoms with E-state index in [0.29, 0.717) is 11.8 Å². The fourth-order valence-corrected chi connectivity index (χ4v) is 1.87. The van der Waals surface area contributed by atoms with E-state index in [1.54, 1.807) is 20.3 Å². The number of methoxy groups -OCH3 is 2. The molecule has 1 N–H and O–H groups in total. The van der Waals surface area contributed by atoms with Crippen molar-refractivity contribution in [2.75, 3.05) is 14.2 Å². The summed E-state index contributed by atoms with van der Waals surface area (Å²) < 4.78 is 10.5. The summed E-state index contributed by atoms with van der Waals surface area (Å²) in [5.41, 5.74) is 1.77. The highest BCUT2D eigenvalue weighted by Gasteiger charge is 2.22. The largest absolute Gasteiger partial charge is 0.497 e. The van der Waals surface area contributed by atoms with Crippen LogP contribution in [-0.2, 0) is 4.79 Å². The van der Waals surface area contributed by atoms with E-state index in [1.165, 1.54) is 0 Å². The van der Waals surface area contributed by atoms with Crippen LogP contribution in [0.15, 0.2) is 24.3 Å². The maximum Gasteiger partial charge on any atom is 0.244 e. The number of hydrogen-bond donors (Lipinski definition) is 1. The Morgan fingerprint density at radius 2 is 2.05 bits per heavy atom. The van der Waals surface area contributed by atoms with Crippen LogP contribution in [0.3, 0.4) is 0 Å². The number of ether oxygens (including phenoxy) is 2. The highest BCUT2D eigenvalue weighted by Crippen LogP contribution is 2.30. The lowest BCUT2D eigenvalue weighted by Gasteiger charge is -2.10. The molecule has 1 aromatic rings. The summed E-state index contributed by atoms with van der Waals surface area (Å²) in [6.07, 6.45) is 3.79. The molecule has 1 aliphatic rings. The molecule has 1 aromatic carbocycles. The maximum absolute atomic E-state index is 11.7. The Kier molecular flexibility index (Phi) is 4.10. The molecule has 102 valence electrons. The van der Waals surface area contributed by atoms with Crippen molar-refractivity contribution in [3.63, 3.8) is 0 Å². The minimum absolute atomic E-state index is 0.0436. The second-order valence-electron chi connectivity index (χ2n) is 4.68. The van der Waals surface area contributed by atoms with Crippen molar-refractivity contribution in [3.8, 4) is 11.5 Å². The first-order chi connectivity index (χ1) is 9.13. The van der Waals surface area contributed by atoms with Gasteiger partial charge in [0.2, 0.25) is 5.91 Å². The van der Waals surface area contributed by atoms with Crippen LogP contribution >= 0.6 is 0 Å². The molecule has 1 fully saturated rings. The third-order valence-corrected chi connectivity index (χ3v) is 3.10. The maximum atomic E-state index is 11.7. The summed E-state index contributed by atoms with van der Waals surface area (Å²) in [5, 5.41) is 2.93. The first-order valence-corrected chi connectivity index (χ1v) is 6.35. The summed E-state index contributed by atoms with van der Waals surface area (Å²) >= 11 is 0. The van der Waals surface area contributed by atoms with E-state index in [9.17, 15) is 4.79 Å². The Bertz CT molecular complexity index is 504. The Hall–Kier alpha value is -1.97. The first kappa shape index (κ1) is 13.5. The lowest BCUT2D eigenvalue weighted by Crippen LogP contribution is -2.23. The highest BCUT2D eigenvalue weighted by atomic mass is 16.5. The normalized spacial score (nSPS) is 15.0. The summed E-state index contributed by atoms with van der Waals surface area (Å²) in [4.78, 5) is 11.7. The molecule has 1 saturated carbocycles. The molecule has 0 spiro atoms. The van der Waals surface area contributed by atoms with Crippen molar-refractivity contribution < 1.29 is 14.3 Å². The molecule has 0 unspecified atom stereocenters. The number of hydrogen-bond acceptors (Lipinski definition) is 3. The van der Waals surface area contributed by atoms with E-state index in [2.05, 4.69) is 5.32 Å². The zero-order valence-electron chi connectivity index (χ0n) is 11.5. The minimum Gasteiger partial charge on any atom is -0.497 e. The second kappa shape index (κ2) is 5.78. The van der Waals surface area contributed by atoms with Crippen LogP contribution in [0.25, 0.3) is 5.57 Å². The standard InChI is InChI=1S/C15H19NO3/c1-10(8-15(17)16-11-4-5-11)13-7-6-12(18-2)9-14(13)19-3/h6-9,11H,4-5H2,1-3H3,(H,16,17)/b10-8+. The third-order valence-electron chi connectivity index (χ3n) is 3.10. The number of carbonyl (C=O) groups is 1. The molecule has 1 aliphatic carbocycles. The van der Waals surface area contributed by atoms with Crippen LogP contribution in [0.1, 0.15) is 25.3 Å². The van der Waals surface area contributed by atoms with Gasteiger partial charge in [-0.2, -0.15) is 0 Å². The molecule has 0 bridgehead atoms. The van der Waals surface area contributed by atoms with Gasteiger partial charge >= 0.3 is 0 Å². The monoisotopic (exact) mass is 261 g/mol.